The minimum Gasteiger partial charge on any atom is -0.277 e. The van der Waals surface area contributed by atoms with Gasteiger partial charge < -0.3 is 0 Å². The number of nitrogens with one attached hydrogen (secondary N) is 1. The zero-order valence-corrected chi connectivity index (χ0v) is 16.4. The Bertz CT molecular complexity index is 1130. The summed E-state index contributed by atoms with van der Waals surface area (Å²) in [6.07, 6.45) is 0. The second kappa shape index (κ2) is 7.67. The Morgan fingerprint density at radius 3 is 2.30 bits per heavy atom. The van der Waals surface area contributed by atoms with Gasteiger partial charge in [0.05, 0.1) is 12.2 Å². The van der Waals surface area contributed by atoms with E-state index in [0.29, 0.717) is 0 Å². The van der Waals surface area contributed by atoms with Crippen molar-refractivity contribution in [3.8, 4) is 0 Å². The topological polar surface area (TPSA) is 93.9 Å². The van der Waals surface area contributed by atoms with Crippen LogP contribution in [0.1, 0.15) is 11.3 Å². The minimum atomic E-state index is -4.21. The fourth-order valence-corrected chi connectivity index (χ4v) is 4.05. The first kappa shape index (κ1) is 19.3. The van der Waals surface area contributed by atoms with Crippen molar-refractivity contribution in [1.29, 1.82) is 0 Å². The largest absolute Gasteiger partial charge is 0.297 e. The fraction of sp³-hybridized carbons (Fsp3) is 0.118. The molecule has 0 aliphatic rings. The van der Waals surface area contributed by atoms with Crippen molar-refractivity contribution in [3.63, 3.8) is 0 Å². The molecule has 0 fully saturated rings. The quantitative estimate of drug-likeness (QED) is 0.678. The van der Waals surface area contributed by atoms with Gasteiger partial charge in [0.1, 0.15) is 5.69 Å². The van der Waals surface area contributed by atoms with Gasteiger partial charge in [0, 0.05) is 10.0 Å². The summed E-state index contributed by atoms with van der Waals surface area (Å²) >= 11 is 11.8. The van der Waals surface area contributed by atoms with Crippen LogP contribution in [0.3, 0.4) is 0 Å². The molecule has 0 saturated heterocycles. The first-order chi connectivity index (χ1) is 12.8. The highest BCUT2D eigenvalue weighted by molar-refractivity contribution is 7.92. The molecule has 0 radical (unpaired) electrons. The summed E-state index contributed by atoms with van der Waals surface area (Å²) in [4.78, 5) is 12.5. The molecule has 1 aromatic heterocycles. The normalized spacial score (nSPS) is 11.4. The Morgan fingerprint density at radius 2 is 1.67 bits per heavy atom. The third kappa shape index (κ3) is 4.47. The molecule has 2 aromatic carbocycles. The third-order valence-corrected chi connectivity index (χ3v) is 5.33. The zero-order valence-electron chi connectivity index (χ0n) is 14.1. The predicted octanol–water partition coefficient (Wildman–Crippen LogP) is 3.10. The lowest BCUT2D eigenvalue weighted by molar-refractivity contribution is 0.544. The summed E-state index contributed by atoms with van der Waals surface area (Å²) in [6.45, 7) is 1.50. The molecule has 0 spiro atoms. The highest BCUT2D eigenvalue weighted by atomic mass is 35.5. The number of hydrogen-bond donors (Lipinski definition) is 1. The first-order valence-electron chi connectivity index (χ1n) is 7.73. The van der Waals surface area contributed by atoms with E-state index in [1.54, 1.807) is 24.3 Å². The predicted molar refractivity (Wildman–Crippen MR) is 104 cm³/mol. The van der Waals surface area contributed by atoms with Gasteiger partial charge in [-0.05, 0) is 30.7 Å². The van der Waals surface area contributed by atoms with Gasteiger partial charge in [-0.3, -0.25) is 14.1 Å². The number of aryl methyl sites for hydroxylation is 1. The van der Waals surface area contributed by atoms with Crippen molar-refractivity contribution in [2.24, 2.45) is 0 Å². The standard InChI is InChI=1S/C17H14Cl2N4O3S/c1-11-16(24)23(10-12-5-3-2-4-6-12)17(21-20-11)27(25,26)22-15-8-13(18)7-14(19)9-15/h2-9,22H,10H2,1H3. The average Bonchev–Trinajstić information content (AvgIpc) is 2.58. The molecule has 10 heteroatoms. The van der Waals surface area contributed by atoms with Crippen LogP contribution in [0.5, 0.6) is 0 Å². The van der Waals surface area contributed by atoms with E-state index in [2.05, 4.69) is 14.9 Å². The van der Waals surface area contributed by atoms with Gasteiger partial charge in [0.2, 0.25) is 0 Å². The van der Waals surface area contributed by atoms with Crippen molar-refractivity contribution >= 4 is 38.9 Å². The van der Waals surface area contributed by atoms with Crippen LogP contribution < -0.4 is 10.3 Å². The molecular formula is C17H14Cl2N4O3S. The maximum absolute atomic E-state index is 12.8. The van der Waals surface area contributed by atoms with Gasteiger partial charge >= 0.3 is 0 Å². The monoisotopic (exact) mass is 424 g/mol. The molecule has 0 amide bonds. The molecule has 1 N–H and O–H groups in total. The molecule has 3 aromatic rings. The van der Waals surface area contributed by atoms with E-state index in [9.17, 15) is 13.2 Å². The molecule has 0 unspecified atom stereocenters. The summed E-state index contributed by atoms with van der Waals surface area (Å²) < 4.78 is 29.1. The molecule has 27 heavy (non-hydrogen) atoms. The summed E-state index contributed by atoms with van der Waals surface area (Å²) in [6, 6.07) is 13.2. The lowest BCUT2D eigenvalue weighted by Crippen LogP contribution is -2.32. The molecule has 0 bridgehead atoms. The number of hydrogen-bond acceptors (Lipinski definition) is 5. The van der Waals surface area contributed by atoms with Crippen LogP contribution in [0, 0.1) is 6.92 Å². The highest BCUT2D eigenvalue weighted by Crippen LogP contribution is 2.24. The minimum absolute atomic E-state index is 0.0303. The van der Waals surface area contributed by atoms with E-state index in [0.717, 1.165) is 10.1 Å². The maximum atomic E-state index is 12.8. The van der Waals surface area contributed by atoms with Gasteiger partial charge in [0.25, 0.3) is 20.7 Å². The summed E-state index contributed by atoms with van der Waals surface area (Å²) in [7, 11) is -4.21. The van der Waals surface area contributed by atoms with Gasteiger partial charge in [-0.25, -0.2) is 0 Å². The second-order valence-corrected chi connectivity index (χ2v) is 8.16. The van der Waals surface area contributed by atoms with Crippen LogP contribution in [0.4, 0.5) is 5.69 Å². The Kier molecular flexibility index (Phi) is 5.50. The van der Waals surface area contributed by atoms with Crippen LogP contribution in [0.2, 0.25) is 10.0 Å². The van der Waals surface area contributed by atoms with Crippen LogP contribution >= 0.6 is 23.2 Å². The third-order valence-electron chi connectivity index (χ3n) is 3.61. The van der Waals surface area contributed by atoms with E-state index in [1.807, 2.05) is 6.07 Å². The molecule has 0 saturated carbocycles. The SMILES string of the molecule is Cc1nnc(S(=O)(=O)Nc2cc(Cl)cc(Cl)c2)n(Cc2ccccc2)c1=O. The highest BCUT2D eigenvalue weighted by Gasteiger charge is 2.24. The molecule has 0 aliphatic carbocycles. The first-order valence-corrected chi connectivity index (χ1v) is 9.97. The number of anilines is 1. The summed E-state index contributed by atoms with van der Waals surface area (Å²) in [5.74, 6) is 0. The Hall–Kier alpha value is -2.42. The number of aromatic nitrogens is 3. The molecule has 1 heterocycles. The van der Waals surface area contributed by atoms with E-state index in [1.165, 1.54) is 25.1 Å². The number of nitrogens with zero attached hydrogens (tertiary/aromatic N) is 3. The number of benzene rings is 2. The van der Waals surface area contributed by atoms with E-state index >= 15 is 0 Å². The number of sulfonamides is 1. The average molecular weight is 425 g/mol. The van der Waals surface area contributed by atoms with Crippen molar-refractivity contribution in [2.45, 2.75) is 18.6 Å². The van der Waals surface area contributed by atoms with Gasteiger partial charge in [-0.1, -0.05) is 53.5 Å². The lowest BCUT2D eigenvalue weighted by atomic mass is 10.2. The summed E-state index contributed by atoms with van der Waals surface area (Å²) in [5, 5.41) is 7.43. The van der Waals surface area contributed by atoms with Gasteiger partial charge in [-0.2, -0.15) is 8.42 Å². The van der Waals surface area contributed by atoms with Crippen LogP contribution in [-0.4, -0.2) is 23.2 Å². The van der Waals surface area contributed by atoms with Crippen molar-refractivity contribution in [1.82, 2.24) is 14.8 Å². The zero-order chi connectivity index (χ0) is 19.6. The second-order valence-electron chi connectivity index (χ2n) is 5.71. The van der Waals surface area contributed by atoms with E-state index in [-0.39, 0.29) is 28.0 Å². The number of rotatable bonds is 5. The Morgan fingerprint density at radius 1 is 1.04 bits per heavy atom. The van der Waals surface area contributed by atoms with Crippen LogP contribution in [0.25, 0.3) is 0 Å². The van der Waals surface area contributed by atoms with Crippen molar-refractivity contribution in [2.75, 3.05) is 4.72 Å². The Labute approximate surface area is 165 Å². The van der Waals surface area contributed by atoms with E-state index in [4.69, 9.17) is 23.2 Å². The summed E-state index contributed by atoms with van der Waals surface area (Å²) in [5.41, 5.74) is 0.442. The Balaban J connectivity index is 2.07. The van der Waals surface area contributed by atoms with Gasteiger partial charge in [0.15, 0.2) is 0 Å². The molecule has 7 nitrogen and oxygen atoms in total. The lowest BCUT2D eigenvalue weighted by Gasteiger charge is -2.14. The maximum Gasteiger partial charge on any atom is 0.297 e. The molecular weight excluding hydrogens is 411 g/mol. The van der Waals surface area contributed by atoms with Gasteiger partial charge in [-0.15, -0.1) is 10.2 Å². The fourth-order valence-electron chi connectivity index (χ4n) is 2.41. The van der Waals surface area contributed by atoms with Crippen molar-refractivity contribution < 1.29 is 8.42 Å². The molecule has 0 aliphatic heterocycles. The smallest absolute Gasteiger partial charge is 0.277 e. The van der Waals surface area contributed by atoms with E-state index < -0.39 is 20.7 Å². The van der Waals surface area contributed by atoms with Crippen LogP contribution in [-0.2, 0) is 16.6 Å². The number of halogens is 2. The molecule has 3 rings (SSSR count). The molecule has 140 valence electrons. The molecule has 0 atom stereocenters. The van der Waals surface area contributed by atoms with Crippen molar-refractivity contribution in [3.05, 3.63) is 80.2 Å². The van der Waals surface area contributed by atoms with Crippen LogP contribution in [0.15, 0.2) is 58.5 Å².